The summed E-state index contributed by atoms with van der Waals surface area (Å²) in [6.45, 7) is 10.0. The third kappa shape index (κ3) is 15.4. The second kappa shape index (κ2) is 22.6. The third-order valence-electron chi connectivity index (χ3n) is 9.77. The van der Waals surface area contributed by atoms with Gasteiger partial charge >= 0.3 is 12.2 Å². The molecule has 3 aromatic rings. The first-order valence-electron chi connectivity index (χ1n) is 20.1. The number of carbonyl (C=O) groups excluding carboxylic acids is 4. The van der Waals surface area contributed by atoms with Crippen molar-refractivity contribution in [2.75, 3.05) is 77.7 Å². The van der Waals surface area contributed by atoms with Gasteiger partial charge in [-0.15, -0.1) is 0 Å². The van der Waals surface area contributed by atoms with Gasteiger partial charge in [-0.3, -0.25) is 19.7 Å². The Balaban J connectivity index is 1.04. The van der Waals surface area contributed by atoms with Gasteiger partial charge in [-0.25, -0.2) is 14.7 Å². The summed E-state index contributed by atoms with van der Waals surface area (Å²) in [5.74, 6) is -0.106. The van der Waals surface area contributed by atoms with E-state index in [1.807, 2.05) is 99.4 Å². The molecule has 1 aliphatic heterocycles. The highest BCUT2D eigenvalue weighted by Gasteiger charge is 2.24. The molecule has 0 aliphatic carbocycles. The standard InChI is InChI=1S/C44H62N6O7/c1-44(2,3)57-43(54)48(5)28-15-29-50(55-6)41(52)35-21-23-36(24-22-35)45-27-14-8-11-20-40(51)47(4)32-33-49-30-25-37(26-31-49)56-42(53)46-39-19-13-12-18-38(39)34-16-9-7-10-17-34/h7,9-10,12-13,16-19,21-24,37,45H,8,11,14-15,20,25-33H2,1-6H3,(H,46,53). The Bertz CT molecular complexity index is 1710. The number of nitrogens with zero attached hydrogens (tertiary/aromatic N) is 4. The lowest BCUT2D eigenvalue weighted by atomic mass is 10.0. The molecule has 0 unspecified atom stereocenters. The van der Waals surface area contributed by atoms with Gasteiger partial charge in [0.05, 0.1) is 19.3 Å². The van der Waals surface area contributed by atoms with Crippen molar-refractivity contribution in [1.82, 2.24) is 19.8 Å². The fourth-order valence-electron chi connectivity index (χ4n) is 6.45. The Morgan fingerprint density at radius 1 is 0.789 bits per heavy atom. The van der Waals surface area contributed by atoms with E-state index in [2.05, 4.69) is 15.5 Å². The van der Waals surface area contributed by atoms with Crippen LogP contribution >= 0.6 is 0 Å². The van der Waals surface area contributed by atoms with E-state index in [4.69, 9.17) is 14.3 Å². The van der Waals surface area contributed by atoms with Crippen molar-refractivity contribution in [2.45, 2.75) is 77.4 Å². The summed E-state index contributed by atoms with van der Waals surface area (Å²) in [6.07, 6.45) is 4.23. The number of hydrogen-bond donors (Lipinski definition) is 2. The minimum absolute atomic E-state index is 0.141. The zero-order chi connectivity index (χ0) is 41.2. The van der Waals surface area contributed by atoms with E-state index >= 15 is 0 Å². The quantitative estimate of drug-likeness (QED) is 0.0925. The molecule has 1 fully saturated rings. The fraction of sp³-hybridized carbons (Fsp3) is 0.500. The second-order valence-corrected chi connectivity index (χ2v) is 15.5. The van der Waals surface area contributed by atoms with Gasteiger partial charge in [-0.1, -0.05) is 55.0 Å². The Morgan fingerprint density at radius 3 is 2.16 bits per heavy atom. The van der Waals surface area contributed by atoms with E-state index in [1.54, 1.807) is 19.2 Å². The Hall–Kier alpha value is -5.14. The molecule has 1 saturated heterocycles. The Morgan fingerprint density at radius 2 is 1.47 bits per heavy atom. The molecule has 0 radical (unpaired) electrons. The van der Waals surface area contributed by atoms with Crippen molar-refractivity contribution >= 4 is 35.4 Å². The predicted molar refractivity (Wildman–Crippen MR) is 224 cm³/mol. The highest BCUT2D eigenvalue weighted by atomic mass is 16.7. The zero-order valence-corrected chi connectivity index (χ0v) is 34.6. The number of rotatable bonds is 19. The lowest BCUT2D eigenvalue weighted by Crippen LogP contribution is -2.42. The van der Waals surface area contributed by atoms with Gasteiger partial charge in [-0.2, -0.15) is 0 Å². The van der Waals surface area contributed by atoms with Crippen LogP contribution in [-0.2, 0) is 19.1 Å². The SMILES string of the molecule is CON(CCCN(C)C(=O)OC(C)(C)C)C(=O)c1ccc(NCCCCCC(=O)N(C)CCN2CCC(OC(=O)Nc3ccccc3-c3ccccc3)CC2)cc1. The van der Waals surface area contributed by atoms with Crippen LogP contribution in [0.5, 0.6) is 0 Å². The molecule has 0 aromatic heterocycles. The number of piperidine rings is 1. The number of carbonyl (C=O) groups is 4. The van der Waals surface area contributed by atoms with Crippen LogP contribution in [-0.4, -0.2) is 122 Å². The topological polar surface area (TPSA) is 133 Å². The normalized spacial score (nSPS) is 13.4. The number of nitrogens with one attached hydrogen (secondary N) is 2. The van der Waals surface area contributed by atoms with Gasteiger partial charge in [0.2, 0.25) is 5.91 Å². The van der Waals surface area contributed by atoms with Crippen LogP contribution in [0, 0.1) is 0 Å². The molecule has 0 spiro atoms. The Labute approximate surface area is 338 Å². The van der Waals surface area contributed by atoms with Crippen LogP contribution in [0.4, 0.5) is 21.0 Å². The van der Waals surface area contributed by atoms with Gasteiger partial charge in [0, 0.05) is 76.6 Å². The number of unbranched alkanes of at least 4 members (excludes halogenated alkanes) is 2. The van der Waals surface area contributed by atoms with Gasteiger partial charge < -0.3 is 29.5 Å². The molecule has 0 saturated carbocycles. The van der Waals surface area contributed by atoms with E-state index in [1.165, 1.54) is 17.1 Å². The number of hydrogen-bond acceptors (Lipinski definition) is 9. The Kier molecular flexibility index (Phi) is 17.6. The number of likely N-dealkylation sites (N-methyl/N-ethyl adjacent to an activating group) is 1. The number of ether oxygens (including phenoxy) is 2. The highest BCUT2D eigenvalue weighted by molar-refractivity contribution is 5.94. The van der Waals surface area contributed by atoms with Crippen molar-refractivity contribution < 1.29 is 33.5 Å². The molecule has 1 heterocycles. The molecule has 4 amide bonds. The highest BCUT2D eigenvalue weighted by Crippen LogP contribution is 2.28. The number of amides is 4. The van der Waals surface area contributed by atoms with Crippen molar-refractivity contribution in [2.24, 2.45) is 0 Å². The summed E-state index contributed by atoms with van der Waals surface area (Å²) in [4.78, 5) is 61.7. The lowest BCUT2D eigenvalue weighted by molar-refractivity contribution is -0.130. The minimum Gasteiger partial charge on any atom is -0.446 e. The third-order valence-corrected chi connectivity index (χ3v) is 9.77. The van der Waals surface area contributed by atoms with E-state index < -0.39 is 17.8 Å². The summed E-state index contributed by atoms with van der Waals surface area (Å²) in [5.41, 5.74) is 3.55. The average molecular weight is 787 g/mol. The summed E-state index contributed by atoms with van der Waals surface area (Å²) in [7, 11) is 4.99. The zero-order valence-electron chi connectivity index (χ0n) is 34.6. The molecule has 1 aliphatic rings. The van der Waals surface area contributed by atoms with Gasteiger partial charge in [0.15, 0.2) is 0 Å². The maximum absolute atomic E-state index is 13.0. The molecule has 2 N–H and O–H groups in total. The summed E-state index contributed by atoms with van der Waals surface area (Å²) >= 11 is 0. The van der Waals surface area contributed by atoms with Gasteiger partial charge in [-0.05, 0) is 88.8 Å². The summed E-state index contributed by atoms with van der Waals surface area (Å²) < 4.78 is 11.1. The molecule has 13 nitrogen and oxygen atoms in total. The number of anilines is 2. The van der Waals surface area contributed by atoms with Crippen LogP contribution < -0.4 is 10.6 Å². The van der Waals surface area contributed by atoms with Crippen LogP contribution in [0.1, 0.15) is 76.1 Å². The van der Waals surface area contributed by atoms with Crippen molar-refractivity contribution in [3.8, 4) is 11.1 Å². The number of likely N-dealkylation sites (tertiary alicyclic amines) is 1. The van der Waals surface area contributed by atoms with Crippen molar-refractivity contribution in [1.29, 1.82) is 0 Å². The minimum atomic E-state index is -0.569. The molecular weight excluding hydrogens is 725 g/mol. The van der Waals surface area contributed by atoms with E-state index in [0.717, 1.165) is 80.8 Å². The number of benzene rings is 3. The van der Waals surface area contributed by atoms with Crippen molar-refractivity contribution in [3.05, 3.63) is 84.4 Å². The van der Waals surface area contributed by atoms with Crippen LogP contribution in [0.15, 0.2) is 78.9 Å². The molecule has 310 valence electrons. The first kappa shape index (κ1) is 44.6. The molecule has 4 rings (SSSR count). The lowest BCUT2D eigenvalue weighted by Gasteiger charge is -2.32. The number of para-hydroxylation sites is 1. The maximum Gasteiger partial charge on any atom is 0.411 e. The van der Waals surface area contributed by atoms with Crippen LogP contribution in [0.3, 0.4) is 0 Å². The molecule has 0 atom stereocenters. The van der Waals surface area contributed by atoms with Crippen molar-refractivity contribution in [3.63, 3.8) is 0 Å². The van der Waals surface area contributed by atoms with E-state index in [9.17, 15) is 19.2 Å². The first-order valence-corrected chi connectivity index (χ1v) is 20.1. The molecule has 0 bridgehead atoms. The smallest absolute Gasteiger partial charge is 0.411 e. The van der Waals surface area contributed by atoms with Crippen LogP contribution in [0.2, 0.25) is 0 Å². The maximum atomic E-state index is 13.0. The molecule has 3 aromatic carbocycles. The second-order valence-electron chi connectivity index (χ2n) is 15.5. The first-order chi connectivity index (χ1) is 27.3. The monoisotopic (exact) mass is 786 g/mol. The molecule has 57 heavy (non-hydrogen) atoms. The largest absolute Gasteiger partial charge is 0.446 e. The fourth-order valence-corrected chi connectivity index (χ4v) is 6.45. The predicted octanol–water partition coefficient (Wildman–Crippen LogP) is 7.76. The molecule has 13 heteroatoms. The van der Waals surface area contributed by atoms with E-state index in [0.29, 0.717) is 38.0 Å². The average Bonchev–Trinajstić information content (AvgIpc) is 3.20. The van der Waals surface area contributed by atoms with Gasteiger partial charge in [0.1, 0.15) is 11.7 Å². The molecular formula is C44H62N6O7. The van der Waals surface area contributed by atoms with Gasteiger partial charge in [0.25, 0.3) is 5.91 Å². The summed E-state index contributed by atoms with van der Waals surface area (Å²) in [6, 6.07) is 24.9. The van der Waals surface area contributed by atoms with Crippen LogP contribution in [0.25, 0.3) is 11.1 Å². The summed E-state index contributed by atoms with van der Waals surface area (Å²) in [5, 5.41) is 7.61. The number of hydroxylamine groups is 2. The van der Waals surface area contributed by atoms with E-state index in [-0.39, 0.29) is 17.9 Å².